The third kappa shape index (κ3) is 66.9. The highest BCUT2D eigenvalue weighted by Crippen LogP contribution is 1.99. The Labute approximate surface area is 263 Å². The zero-order valence-corrected chi connectivity index (χ0v) is 30.5. The summed E-state index contributed by atoms with van der Waals surface area (Å²) in [6.07, 6.45) is 16.0. The zero-order chi connectivity index (χ0) is 34.2. The number of carbonyl (C=O) groups is 3. The van der Waals surface area contributed by atoms with Crippen LogP contribution in [0.5, 0.6) is 0 Å². The Hall–Kier alpha value is -1.11. The van der Waals surface area contributed by atoms with Gasteiger partial charge in [-0.15, -0.1) is 0 Å². The van der Waals surface area contributed by atoms with Crippen LogP contribution >= 0.6 is 0 Å². The standard InChI is InChI=1S/3C6H14O.3C6H12O/c6*1-3-5-6(7)4-2/h3*6-7H,3-5H2,1-2H3;3*3-5H2,1-2H3. The van der Waals surface area contributed by atoms with Crippen molar-refractivity contribution in [3.8, 4) is 0 Å². The molecule has 6 nitrogen and oxygen atoms in total. The van der Waals surface area contributed by atoms with Crippen molar-refractivity contribution in [2.24, 2.45) is 0 Å². The van der Waals surface area contributed by atoms with Gasteiger partial charge in [0.15, 0.2) is 0 Å². The van der Waals surface area contributed by atoms with Gasteiger partial charge in [-0.1, -0.05) is 102 Å². The van der Waals surface area contributed by atoms with E-state index in [1.807, 2.05) is 62.3 Å². The molecule has 0 rings (SSSR count). The van der Waals surface area contributed by atoms with Crippen LogP contribution in [0.3, 0.4) is 0 Å². The van der Waals surface area contributed by atoms with Gasteiger partial charge in [-0.3, -0.25) is 14.4 Å². The molecule has 0 aliphatic rings. The summed E-state index contributed by atoms with van der Waals surface area (Å²) in [5.41, 5.74) is 0. The maximum atomic E-state index is 10.4. The Morgan fingerprint density at radius 1 is 0.381 bits per heavy atom. The zero-order valence-electron chi connectivity index (χ0n) is 30.5. The summed E-state index contributed by atoms with van der Waals surface area (Å²) >= 11 is 0. The van der Waals surface area contributed by atoms with Crippen molar-refractivity contribution >= 4 is 17.3 Å². The van der Waals surface area contributed by atoms with Gasteiger partial charge in [0.1, 0.15) is 17.3 Å². The smallest absolute Gasteiger partial charge is 0.132 e. The van der Waals surface area contributed by atoms with Gasteiger partial charge in [-0.05, 0) is 57.8 Å². The van der Waals surface area contributed by atoms with E-state index in [9.17, 15) is 14.4 Å². The van der Waals surface area contributed by atoms with Gasteiger partial charge in [-0.25, -0.2) is 0 Å². The lowest BCUT2D eigenvalue weighted by Gasteiger charge is -2.01. The number of aliphatic hydroxyl groups excluding tert-OH is 3. The first-order chi connectivity index (χ1) is 19.8. The topological polar surface area (TPSA) is 112 Å². The second kappa shape index (κ2) is 49.6. The van der Waals surface area contributed by atoms with Gasteiger partial charge in [0.2, 0.25) is 0 Å². The van der Waals surface area contributed by atoms with Crippen LogP contribution in [-0.2, 0) is 14.4 Å². The van der Waals surface area contributed by atoms with Crippen LogP contribution < -0.4 is 0 Å². The predicted octanol–water partition coefficient (Wildman–Crippen LogP) is 9.97. The first-order valence-electron chi connectivity index (χ1n) is 17.4. The minimum Gasteiger partial charge on any atom is -0.393 e. The highest BCUT2D eigenvalue weighted by Gasteiger charge is 1.96. The fraction of sp³-hybridized carbons (Fsp3) is 0.917. The molecule has 0 fully saturated rings. The number of hydrogen-bond donors (Lipinski definition) is 3. The molecule has 0 aliphatic carbocycles. The van der Waals surface area contributed by atoms with Crippen LogP contribution in [0.25, 0.3) is 0 Å². The molecule has 0 saturated heterocycles. The predicted molar refractivity (Wildman–Crippen MR) is 184 cm³/mol. The first-order valence-corrected chi connectivity index (χ1v) is 17.4. The third-order valence-corrected chi connectivity index (χ3v) is 6.05. The third-order valence-electron chi connectivity index (χ3n) is 6.05. The largest absolute Gasteiger partial charge is 0.393 e. The first kappa shape index (κ1) is 53.4. The van der Waals surface area contributed by atoms with Crippen LogP contribution in [0.2, 0.25) is 0 Å². The molecule has 6 heteroatoms. The number of carbonyl (C=O) groups excluding carboxylic acids is 3. The number of ketones is 3. The highest BCUT2D eigenvalue weighted by atomic mass is 16.3. The van der Waals surface area contributed by atoms with E-state index in [-0.39, 0.29) is 18.3 Å². The lowest BCUT2D eigenvalue weighted by atomic mass is 10.2. The Balaban J connectivity index is -0.0000000926. The molecule has 3 N–H and O–H groups in total. The molecule has 258 valence electrons. The summed E-state index contributed by atoms with van der Waals surface area (Å²) in [5.74, 6) is 1.13. The second-order valence-corrected chi connectivity index (χ2v) is 10.5. The van der Waals surface area contributed by atoms with Crippen LogP contribution in [-0.4, -0.2) is 51.0 Å². The van der Waals surface area contributed by atoms with Crippen molar-refractivity contribution in [2.45, 2.75) is 217 Å². The Kier molecular flexibility index (Phi) is 63.1. The van der Waals surface area contributed by atoms with E-state index >= 15 is 0 Å². The summed E-state index contributed by atoms with van der Waals surface area (Å²) in [6.45, 7) is 24.0. The molecule has 0 heterocycles. The Morgan fingerprint density at radius 2 is 0.571 bits per heavy atom. The molecule has 0 aromatic carbocycles. The molecule has 0 radical (unpaired) electrons. The summed E-state index contributed by atoms with van der Waals surface area (Å²) in [6, 6.07) is 0. The van der Waals surface area contributed by atoms with Crippen molar-refractivity contribution in [3.05, 3.63) is 0 Å². The summed E-state index contributed by atoms with van der Waals surface area (Å²) in [4.78, 5) is 31.2. The van der Waals surface area contributed by atoms with Gasteiger partial charge in [0.05, 0.1) is 18.3 Å². The summed E-state index contributed by atoms with van der Waals surface area (Å²) < 4.78 is 0. The lowest BCUT2D eigenvalue weighted by molar-refractivity contribution is -0.119. The monoisotopic (exact) mass is 607 g/mol. The van der Waals surface area contributed by atoms with Crippen molar-refractivity contribution < 1.29 is 29.7 Å². The minimum absolute atomic E-state index is 0.0509. The van der Waals surface area contributed by atoms with Crippen molar-refractivity contribution in [3.63, 3.8) is 0 Å². The van der Waals surface area contributed by atoms with Crippen LogP contribution in [0.15, 0.2) is 0 Å². The van der Waals surface area contributed by atoms with Gasteiger partial charge in [-0.2, -0.15) is 0 Å². The molecular weight excluding hydrogens is 528 g/mol. The van der Waals surface area contributed by atoms with Crippen LogP contribution in [0, 0.1) is 0 Å². The number of hydrogen-bond acceptors (Lipinski definition) is 6. The molecule has 0 aromatic rings. The van der Waals surface area contributed by atoms with Gasteiger partial charge >= 0.3 is 0 Å². The average molecular weight is 607 g/mol. The maximum absolute atomic E-state index is 10.4. The molecule has 0 bridgehead atoms. The lowest BCUT2D eigenvalue weighted by Crippen LogP contribution is -2.01. The number of rotatable bonds is 18. The average Bonchev–Trinajstić information content (AvgIpc) is 2.99. The SMILES string of the molecule is CCCC(=O)CC.CCCC(=O)CC.CCCC(=O)CC.CCCC(O)CC.CCCC(O)CC.CCCC(O)CC. The van der Waals surface area contributed by atoms with E-state index < -0.39 is 0 Å². The fourth-order valence-electron chi connectivity index (χ4n) is 2.98. The maximum Gasteiger partial charge on any atom is 0.132 e. The molecule has 0 amide bonds. The van der Waals surface area contributed by atoms with Gasteiger partial charge < -0.3 is 15.3 Å². The fourth-order valence-corrected chi connectivity index (χ4v) is 2.98. The van der Waals surface area contributed by atoms with Crippen molar-refractivity contribution in [2.75, 3.05) is 0 Å². The normalized spacial score (nSPS) is 11.5. The molecule has 0 spiro atoms. The number of Topliss-reactive ketones (excluding diaryl/α,β-unsaturated/α-hetero) is 3. The molecule has 42 heavy (non-hydrogen) atoms. The molecular formula is C36H78O6. The van der Waals surface area contributed by atoms with E-state index in [0.29, 0.717) is 36.6 Å². The van der Waals surface area contributed by atoms with E-state index in [4.69, 9.17) is 15.3 Å². The Bertz CT molecular complexity index is 436. The van der Waals surface area contributed by atoms with Crippen molar-refractivity contribution in [1.82, 2.24) is 0 Å². The van der Waals surface area contributed by atoms with E-state index in [2.05, 4.69) is 20.8 Å². The molecule has 0 aliphatic heterocycles. The van der Waals surface area contributed by atoms with Gasteiger partial charge in [0.25, 0.3) is 0 Å². The highest BCUT2D eigenvalue weighted by molar-refractivity contribution is 5.78. The minimum atomic E-state index is -0.0509. The molecule has 0 aromatic heterocycles. The van der Waals surface area contributed by atoms with Crippen molar-refractivity contribution in [1.29, 1.82) is 0 Å². The quantitative estimate of drug-likeness (QED) is 0.143. The van der Waals surface area contributed by atoms with Crippen LogP contribution in [0.4, 0.5) is 0 Å². The molecule has 3 atom stereocenters. The van der Waals surface area contributed by atoms with E-state index in [1.54, 1.807) is 0 Å². The Morgan fingerprint density at radius 3 is 0.619 bits per heavy atom. The summed E-state index contributed by atoms with van der Waals surface area (Å²) in [7, 11) is 0. The summed E-state index contributed by atoms with van der Waals surface area (Å²) in [5, 5.41) is 26.6. The van der Waals surface area contributed by atoms with Crippen LogP contribution in [0.1, 0.15) is 199 Å². The number of aliphatic hydroxyl groups is 3. The second-order valence-electron chi connectivity index (χ2n) is 10.5. The van der Waals surface area contributed by atoms with E-state index in [0.717, 1.165) is 96.3 Å². The molecule has 0 saturated carbocycles. The van der Waals surface area contributed by atoms with E-state index in [1.165, 1.54) is 0 Å². The molecule has 3 unspecified atom stereocenters. The van der Waals surface area contributed by atoms with Gasteiger partial charge in [0, 0.05) is 38.5 Å².